The molecule has 1 amide bonds. The predicted molar refractivity (Wildman–Crippen MR) is 120 cm³/mol. The van der Waals surface area contributed by atoms with E-state index in [0.29, 0.717) is 47.4 Å². The lowest BCUT2D eigenvalue weighted by atomic mass is 10.1. The molecular weight excluding hydrogens is 451 g/mol. The Bertz CT molecular complexity index is 1160. The number of aryl methyl sites for hydroxylation is 2. The van der Waals surface area contributed by atoms with Gasteiger partial charge in [-0.05, 0) is 50.8 Å². The van der Waals surface area contributed by atoms with Crippen LogP contribution in [-0.2, 0) is 17.4 Å². The van der Waals surface area contributed by atoms with Crippen molar-refractivity contribution >= 4 is 17.4 Å². The highest BCUT2D eigenvalue weighted by Gasteiger charge is 2.37. The molecule has 2 heterocycles. The van der Waals surface area contributed by atoms with Crippen molar-refractivity contribution in [1.29, 1.82) is 0 Å². The second kappa shape index (κ2) is 10.7. The first-order valence-electron chi connectivity index (χ1n) is 11.1. The smallest absolute Gasteiger partial charge is 0.453 e. The number of halogens is 3. The predicted octanol–water partition coefficient (Wildman–Crippen LogP) is 4.91. The van der Waals surface area contributed by atoms with Crippen molar-refractivity contribution in [3.63, 3.8) is 0 Å². The van der Waals surface area contributed by atoms with Crippen LogP contribution in [0.1, 0.15) is 55.9 Å². The number of carbonyl (C=O) groups excluding carboxylic acids is 1. The van der Waals surface area contributed by atoms with Crippen molar-refractivity contribution in [1.82, 2.24) is 19.6 Å². The number of nitrogens with zero attached hydrogens (tertiary/aromatic N) is 4. The molecule has 0 spiro atoms. The number of hydrogen-bond donors (Lipinski definition) is 1. The lowest BCUT2D eigenvalue weighted by molar-refractivity contribution is -0.144. The van der Waals surface area contributed by atoms with Gasteiger partial charge in [-0.2, -0.15) is 18.2 Å². The van der Waals surface area contributed by atoms with E-state index in [1.54, 1.807) is 32.0 Å². The number of rotatable bonds is 10. The number of ether oxygens (including phenoxy) is 2. The Balaban J connectivity index is 1.72. The Morgan fingerprint density at radius 2 is 1.74 bits per heavy atom. The third-order valence-corrected chi connectivity index (χ3v) is 5.06. The first-order chi connectivity index (χ1) is 16.1. The molecule has 3 rings (SSSR count). The molecule has 1 aromatic carbocycles. The Kier molecular flexibility index (Phi) is 7.95. The summed E-state index contributed by atoms with van der Waals surface area (Å²) in [6.07, 6.45) is -2.58. The molecule has 2 aromatic heterocycles. The van der Waals surface area contributed by atoms with Crippen molar-refractivity contribution in [3.05, 3.63) is 41.0 Å². The summed E-state index contributed by atoms with van der Waals surface area (Å²) in [4.78, 5) is 20.2. The standard InChI is InChI=1S/C23H28F3N5O3/c1-5-11-33-18-9-7-16(13-19(18)34-12-6-2)28-20(32)10-8-17-14(3)27-22-29-21(23(24,25)26)30-31(22)15(17)4/h7,9,13H,5-6,8,10-12H2,1-4H3,(H,28,32). The molecule has 0 unspecified atom stereocenters. The van der Waals surface area contributed by atoms with Crippen molar-refractivity contribution < 1.29 is 27.4 Å². The van der Waals surface area contributed by atoms with Crippen molar-refractivity contribution in [2.24, 2.45) is 0 Å². The van der Waals surface area contributed by atoms with Crippen LogP contribution in [0.5, 0.6) is 11.5 Å². The third-order valence-electron chi connectivity index (χ3n) is 5.06. The second-order valence-electron chi connectivity index (χ2n) is 7.81. The lowest BCUT2D eigenvalue weighted by Crippen LogP contribution is -2.14. The zero-order valence-electron chi connectivity index (χ0n) is 19.6. The van der Waals surface area contributed by atoms with Crippen LogP contribution in [0.2, 0.25) is 0 Å². The van der Waals surface area contributed by atoms with E-state index in [2.05, 4.69) is 20.4 Å². The van der Waals surface area contributed by atoms with Crippen molar-refractivity contribution in [2.45, 2.75) is 59.6 Å². The monoisotopic (exact) mass is 479 g/mol. The summed E-state index contributed by atoms with van der Waals surface area (Å²) in [7, 11) is 0. The van der Waals surface area contributed by atoms with E-state index in [1.807, 2.05) is 13.8 Å². The zero-order chi connectivity index (χ0) is 24.9. The summed E-state index contributed by atoms with van der Waals surface area (Å²) in [5, 5.41) is 6.37. The topological polar surface area (TPSA) is 90.6 Å². The summed E-state index contributed by atoms with van der Waals surface area (Å²) in [5.74, 6) is -0.450. The maximum Gasteiger partial charge on any atom is 0.453 e. The molecule has 0 atom stereocenters. The molecular formula is C23H28F3N5O3. The average molecular weight is 480 g/mol. The molecule has 0 radical (unpaired) electrons. The first-order valence-corrected chi connectivity index (χ1v) is 11.1. The summed E-state index contributed by atoms with van der Waals surface area (Å²) >= 11 is 0. The molecule has 34 heavy (non-hydrogen) atoms. The van der Waals surface area contributed by atoms with Crippen LogP contribution in [0.25, 0.3) is 5.78 Å². The number of amides is 1. The van der Waals surface area contributed by atoms with Gasteiger partial charge in [0.25, 0.3) is 11.6 Å². The zero-order valence-corrected chi connectivity index (χ0v) is 19.6. The van der Waals surface area contributed by atoms with Gasteiger partial charge in [0, 0.05) is 29.6 Å². The van der Waals surface area contributed by atoms with Crippen molar-refractivity contribution in [3.8, 4) is 11.5 Å². The van der Waals surface area contributed by atoms with Gasteiger partial charge in [0.2, 0.25) is 5.91 Å². The van der Waals surface area contributed by atoms with E-state index >= 15 is 0 Å². The summed E-state index contributed by atoms with van der Waals surface area (Å²) in [5.41, 5.74) is 2.18. The number of benzene rings is 1. The van der Waals surface area contributed by atoms with Gasteiger partial charge in [0.05, 0.1) is 13.2 Å². The highest BCUT2D eigenvalue weighted by Crippen LogP contribution is 2.31. The van der Waals surface area contributed by atoms with E-state index in [9.17, 15) is 18.0 Å². The van der Waals surface area contributed by atoms with Gasteiger partial charge in [-0.15, -0.1) is 5.10 Å². The highest BCUT2D eigenvalue weighted by molar-refractivity contribution is 5.91. The number of hydrogen-bond acceptors (Lipinski definition) is 6. The second-order valence-corrected chi connectivity index (χ2v) is 7.81. The molecule has 0 saturated heterocycles. The maximum atomic E-state index is 13.0. The van der Waals surface area contributed by atoms with E-state index < -0.39 is 12.0 Å². The van der Waals surface area contributed by atoms with Gasteiger partial charge in [-0.25, -0.2) is 9.50 Å². The third kappa shape index (κ3) is 5.95. The Morgan fingerprint density at radius 3 is 2.38 bits per heavy atom. The minimum atomic E-state index is -4.66. The van der Waals surface area contributed by atoms with Crippen LogP contribution in [0, 0.1) is 13.8 Å². The Labute approximate surface area is 195 Å². The van der Waals surface area contributed by atoms with Crippen LogP contribution in [0.3, 0.4) is 0 Å². The SMILES string of the molecule is CCCOc1ccc(NC(=O)CCc2c(C)nc3nc(C(F)(F)F)nn3c2C)cc1OCCC. The summed E-state index contributed by atoms with van der Waals surface area (Å²) in [6, 6.07) is 5.21. The summed E-state index contributed by atoms with van der Waals surface area (Å²) < 4.78 is 51.4. The Morgan fingerprint density at radius 1 is 1.06 bits per heavy atom. The molecule has 184 valence electrons. The number of aromatic nitrogens is 4. The van der Waals surface area contributed by atoms with E-state index in [-0.39, 0.29) is 24.5 Å². The average Bonchev–Trinajstić information content (AvgIpc) is 3.21. The number of fused-ring (bicyclic) bond motifs is 1. The van der Waals surface area contributed by atoms with Crippen LogP contribution in [0.4, 0.5) is 18.9 Å². The van der Waals surface area contributed by atoms with Gasteiger partial charge in [0.15, 0.2) is 11.5 Å². The first kappa shape index (κ1) is 25.3. The minimum absolute atomic E-state index is 0.106. The number of nitrogens with one attached hydrogen (secondary N) is 1. The molecule has 0 saturated carbocycles. The van der Waals surface area contributed by atoms with Crippen LogP contribution < -0.4 is 14.8 Å². The molecule has 0 aliphatic rings. The van der Waals surface area contributed by atoms with Crippen LogP contribution in [0.15, 0.2) is 18.2 Å². The normalized spacial score (nSPS) is 11.6. The quantitative estimate of drug-likeness (QED) is 0.444. The van der Waals surface area contributed by atoms with E-state index in [0.717, 1.165) is 17.4 Å². The fraction of sp³-hybridized carbons (Fsp3) is 0.478. The van der Waals surface area contributed by atoms with E-state index in [4.69, 9.17) is 9.47 Å². The van der Waals surface area contributed by atoms with Gasteiger partial charge >= 0.3 is 6.18 Å². The molecule has 11 heteroatoms. The van der Waals surface area contributed by atoms with Crippen molar-refractivity contribution in [2.75, 3.05) is 18.5 Å². The van der Waals surface area contributed by atoms with Crippen LogP contribution in [-0.4, -0.2) is 38.7 Å². The van der Waals surface area contributed by atoms with Gasteiger partial charge in [-0.3, -0.25) is 4.79 Å². The molecule has 3 aromatic rings. The number of carbonyl (C=O) groups is 1. The highest BCUT2D eigenvalue weighted by atomic mass is 19.4. The van der Waals surface area contributed by atoms with Gasteiger partial charge in [0.1, 0.15) is 0 Å². The number of anilines is 1. The molecule has 1 N–H and O–H groups in total. The van der Waals surface area contributed by atoms with Gasteiger partial charge in [-0.1, -0.05) is 13.8 Å². The molecule has 0 aliphatic heterocycles. The molecule has 0 bridgehead atoms. The molecule has 0 fully saturated rings. The Hall–Kier alpha value is -3.37. The lowest BCUT2D eigenvalue weighted by Gasteiger charge is -2.14. The maximum absolute atomic E-state index is 13.0. The van der Waals surface area contributed by atoms with E-state index in [1.165, 1.54) is 0 Å². The minimum Gasteiger partial charge on any atom is -0.490 e. The summed E-state index contributed by atoms with van der Waals surface area (Å²) in [6.45, 7) is 8.39. The number of alkyl halides is 3. The molecule has 0 aliphatic carbocycles. The van der Waals surface area contributed by atoms with Crippen LogP contribution >= 0.6 is 0 Å². The molecule has 8 nitrogen and oxygen atoms in total. The fourth-order valence-electron chi connectivity index (χ4n) is 3.39. The fourth-order valence-corrected chi connectivity index (χ4v) is 3.39. The largest absolute Gasteiger partial charge is 0.490 e. The van der Waals surface area contributed by atoms with Gasteiger partial charge < -0.3 is 14.8 Å².